The van der Waals surface area contributed by atoms with Crippen LogP contribution in [0.1, 0.15) is 33.8 Å². The zero-order chi connectivity index (χ0) is 21.8. The molecule has 8 nitrogen and oxygen atoms in total. The highest BCUT2D eigenvalue weighted by Crippen LogP contribution is 2.30. The third-order valence-electron chi connectivity index (χ3n) is 5.30. The second-order valence-electron chi connectivity index (χ2n) is 7.46. The van der Waals surface area contributed by atoms with Gasteiger partial charge in [-0.2, -0.15) is 0 Å². The molecular weight excluding hydrogens is 398 g/mol. The minimum Gasteiger partial charge on any atom is -0.467 e. The van der Waals surface area contributed by atoms with Gasteiger partial charge in [0.1, 0.15) is 5.76 Å². The molecule has 4 rings (SSSR count). The number of esters is 1. The second-order valence-corrected chi connectivity index (χ2v) is 7.46. The predicted octanol–water partition coefficient (Wildman–Crippen LogP) is 2.25. The summed E-state index contributed by atoms with van der Waals surface area (Å²) in [5.41, 5.74) is 3.06. The number of likely N-dealkylation sites (N-methyl/N-ethyl adjacent to an activating group) is 1. The van der Waals surface area contributed by atoms with Gasteiger partial charge in [-0.3, -0.25) is 14.6 Å². The molecule has 0 saturated carbocycles. The lowest BCUT2D eigenvalue weighted by Crippen LogP contribution is -2.40. The average Bonchev–Trinajstić information content (AvgIpc) is 3.45. The Bertz CT molecular complexity index is 1120. The number of aromatic nitrogens is 1. The predicted molar refractivity (Wildman–Crippen MR) is 112 cm³/mol. The van der Waals surface area contributed by atoms with E-state index in [1.165, 1.54) is 18.2 Å². The first kappa shape index (κ1) is 20.6. The van der Waals surface area contributed by atoms with Gasteiger partial charge in [-0.05, 0) is 43.0 Å². The quantitative estimate of drug-likeness (QED) is 0.587. The smallest absolute Gasteiger partial charge is 0.339 e. The standard InChI is InChI=1S/C23H23N3O5/c1-26(13-20(27)24-12-15-6-5-11-30-15)21(28)14-31-23(29)22-16-7-2-3-9-18(16)25-19-10-4-8-17(19)22/h2-3,5-7,9,11H,4,8,10,12-14H2,1H3,(H,24,27). The second kappa shape index (κ2) is 8.99. The number of rotatable bonds is 7. The number of benzene rings is 1. The fourth-order valence-electron chi connectivity index (χ4n) is 3.71. The number of ether oxygens (including phenoxy) is 1. The van der Waals surface area contributed by atoms with Crippen LogP contribution in [-0.2, 0) is 33.7 Å². The molecule has 0 saturated heterocycles. The van der Waals surface area contributed by atoms with Crippen LogP contribution in [0, 0.1) is 0 Å². The molecule has 1 aliphatic rings. The molecule has 0 unspecified atom stereocenters. The van der Waals surface area contributed by atoms with E-state index >= 15 is 0 Å². The van der Waals surface area contributed by atoms with Crippen molar-refractivity contribution in [2.24, 2.45) is 0 Å². The van der Waals surface area contributed by atoms with Crippen molar-refractivity contribution in [2.75, 3.05) is 20.2 Å². The highest BCUT2D eigenvalue weighted by atomic mass is 16.5. The maximum absolute atomic E-state index is 12.9. The fourth-order valence-corrected chi connectivity index (χ4v) is 3.71. The molecule has 0 spiro atoms. The zero-order valence-electron chi connectivity index (χ0n) is 17.2. The van der Waals surface area contributed by atoms with E-state index in [0.29, 0.717) is 11.3 Å². The molecule has 0 atom stereocenters. The van der Waals surface area contributed by atoms with Crippen molar-refractivity contribution < 1.29 is 23.5 Å². The number of hydrogen-bond acceptors (Lipinski definition) is 6. The summed E-state index contributed by atoms with van der Waals surface area (Å²) in [6, 6.07) is 10.9. The van der Waals surface area contributed by atoms with E-state index in [-0.39, 0.29) is 19.0 Å². The van der Waals surface area contributed by atoms with Crippen molar-refractivity contribution in [3.63, 3.8) is 0 Å². The van der Waals surface area contributed by atoms with Gasteiger partial charge in [0.2, 0.25) is 5.91 Å². The molecule has 2 amide bonds. The molecule has 0 fully saturated rings. The largest absolute Gasteiger partial charge is 0.467 e. The Balaban J connectivity index is 1.36. The first-order valence-electron chi connectivity index (χ1n) is 10.1. The van der Waals surface area contributed by atoms with Crippen LogP contribution in [0.3, 0.4) is 0 Å². The van der Waals surface area contributed by atoms with Crippen LogP contribution in [0.5, 0.6) is 0 Å². The molecule has 160 valence electrons. The third-order valence-corrected chi connectivity index (χ3v) is 5.30. The highest BCUT2D eigenvalue weighted by molar-refractivity contribution is 6.05. The van der Waals surface area contributed by atoms with Gasteiger partial charge in [0.05, 0.1) is 30.4 Å². The highest BCUT2D eigenvalue weighted by Gasteiger charge is 2.25. The lowest BCUT2D eigenvalue weighted by atomic mass is 10.0. The number of carbonyl (C=O) groups is 3. The van der Waals surface area contributed by atoms with Crippen LogP contribution in [0.15, 0.2) is 47.1 Å². The van der Waals surface area contributed by atoms with E-state index in [9.17, 15) is 14.4 Å². The van der Waals surface area contributed by atoms with Gasteiger partial charge in [-0.1, -0.05) is 18.2 Å². The Kier molecular flexibility index (Phi) is 5.97. The number of nitrogens with zero attached hydrogens (tertiary/aromatic N) is 2. The lowest BCUT2D eigenvalue weighted by Gasteiger charge is -2.17. The van der Waals surface area contributed by atoms with E-state index in [0.717, 1.165) is 41.4 Å². The molecule has 1 aliphatic carbocycles. The van der Waals surface area contributed by atoms with E-state index in [4.69, 9.17) is 9.15 Å². The molecular formula is C23H23N3O5. The van der Waals surface area contributed by atoms with Gasteiger partial charge in [0.15, 0.2) is 6.61 Å². The van der Waals surface area contributed by atoms with E-state index < -0.39 is 18.5 Å². The number of para-hydroxylation sites is 1. The average molecular weight is 421 g/mol. The molecule has 31 heavy (non-hydrogen) atoms. The maximum atomic E-state index is 12.9. The van der Waals surface area contributed by atoms with Crippen LogP contribution in [0.25, 0.3) is 10.9 Å². The minimum absolute atomic E-state index is 0.148. The fraction of sp³-hybridized carbons (Fsp3) is 0.304. The van der Waals surface area contributed by atoms with Gasteiger partial charge < -0.3 is 19.4 Å². The Morgan fingerprint density at radius 3 is 2.81 bits per heavy atom. The van der Waals surface area contributed by atoms with Gasteiger partial charge in [-0.25, -0.2) is 4.79 Å². The minimum atomic E-state index is -0.541. The molecule has 0 bridgehead atoms. The molecule has 2 aromatic heterocycles. The van der Waals surface area contributed by atoms with Crippen LogP contribution < -0.4 is 5.32 Å². The zero-order valence-corrected chi connectivity index (χ0v) is 17.2. The van der Waals surface area contributed by atoms with Crippen LogP contribution >= 0.6 is 0 Å². The van der Waals surface area contributed by atoms with Gasteiger partial charge in [0.25, 0.3) is 5.91 Å². The normalized spacial score (nSPS) is 12.4. The van der Waals surface area contributed by atoms with Crippen molar-refractivity contribution >= 4 is 28.7 Å². The maximum Gasteiger partial charge on any atom is 0.339 e. The molecule has 2 heterocycles. The van der Waals surface area contributed by atoms with Crippen molar-refractivity contribution in [2.45, 2.75) is 25.8 Å². The van der Waals surface area contributed by atoms with Gasteiger partial charge >= 0.3 is 5.97 Å². The number of amides is 2. The summed E-state index contributed by atoms with van der Waals surface area (Å²) < 4.78 is 10.5. The van der Waals surface area contributed by atoms with Gasteiger partial charge in [0, 0.05) is 18.1 Å². The van der Waals surface area contributed by atoms with Crippen LogP contribution in [-0.4, -0.2) is 47.9 Å². The lowest BCUT2D eigenvalue weighted by molar-refractivity contribution is -0.137. The Labute approximate surface area is 179 Å². The Morgan fingerprint density at radius 2 is 2.00 bits per heavy atom. The van der Waals surface area contributed by atoms with Crippen molar-refractivity contribution in [3.05, 3.63) is 65.2 Å². The molecule has 0 radical (unpaired) electrons. The number of nitrogens with one attached hydrogen (secondary N) is 1. The Hall–Kier alpha value is -3.68. The van der Waals surface area contributed by atoms with E-state index in [1.807, 2.05) is 24.3 Å². The Morgan fingerprint density at radius 1 is 1.16 bits per heavy atom. The molecule has 0 aliphatic heterocycles. The van der Waals surface area contributed by atoms with Crippen molar-refractivity contribution in [3.8, 4) is 0 Å². The summed E-state index contributed by atoms with van der Waals surface area (Å²) in [4.78, 5) is 43.2. The van der Waals surface area contributed by atoms with Crippen molar-refractivity contribution in [1.29, 1.82) is 0 Å². The first-order chi connectivity index (χ1) is 15.0. The number of hydrogen-bond donors (Lipinski definition) is 1. The summed E-state index contributed by atoms with van der Waals surface area (Å²) in [6.45, 7) is -0.347. The first-order valence-corrected chi connectivity index (χ1v) is 10.1. The molecule has 3 aromatic rings. The summed E-state index contributed by atoms with van der Waals surface area (Å²) in [6.07, 6.45) is 4.05. The number of carbonyl (C=O) groups excluding carboxylic acids is 3. The summed E-state index contributed by atoms with van der Waals surface area (Å²) in [5.74, 6) is -0.720. The number of furan rings is 1. The van der Waals surface area contributed by atoms with E-state index in [1.54, 1.807) is 12.1 Å². The van der Waals surface area contributed by atoms with Crippen LogP contribution in [0.2, 0.25) is 0 Å². The van der Waals surface area contributed by atoms with E-state index in [2.05, 4.69) is 10.3 Å². The molecule has 1 N–H and O–H groups in total. The summed E-state index contributed by atoms with van der Waals surface area (Å²) >= 11 is 0. The molecule has 8 heteroatoms. The number of pyridine rings is 1. The number of fused-ring (bicyclic) bond motifs is 2. The van der Waals surface area contributed by atoms with Crippen molar-refractivity contribution in [1.82, 2.24) is 15.2 Å². The molecule has 1 aromatic carbocycles. The third kappa shape index (κ3) is 4.58. The SMILES string of the molecule is CN(CC(=O)NCc1ccco1)C(=O)COC(=O)c1c2c(nc3ccccc13)CCC2. The van der Waals surface area contributed by atoms with Crippen LogP contribution in [0.4, 0.5) is 0 Å². The summed E-state index contributed by atoms with van der Waals surface area (Å²) in [7, 11) is 1.49. The topological polar surface area (TPSA) is 102 Å². The summed E-state index contributed by atoms with van der Waals surface area (Å²) in [5, 5.41) is 3.40. The number of aryl methyl sites for hydroxylation is 1. The monoisotopic (exact) mass is 421 g/mol. The van der Waals surface area contributed by atoms with Gasteiger partial charge in [-0.15, -0.1) is 0 Å².